The summed E-state index contributed by atoms with van der Waals surface area (Å²) >= 11 is 1.34. The zero-order valence-electron chi connectivity index (χ0n) is 7.79. The average molecular weight is 205 g/mol. The topological polar surface area (TPSA) is 84.2 Å². The molecule has 1 unspecified atom stereocenters. The number of hydrogen-bond donors (Lipinski definition) is 3. The van der Waals surface area contributed by atoms with E-state index in [2.05, 4.69) is 10.6 Å². The van der Waals surface area contributed by atoms with Crippen molar-refractivity contribution in [2.24, 2.45) is 5.73 Å². The monoisotopic (exact) mass is 205 g/mol. The number of hydrogen-bond acceptors (Lipinski definition) is 4. The predicted octanol–water partition coefficient (Wildman–Crippen LogP) is -1.46. The van der Waals surface area contributed by atoms with Crippen LogP contribution in [0.2, 0.25) is 0 Å². The molecule has 0 saturated carbocycles. The second-order valence-electron chi connectivity index (χ2n) is 2.44. The molecular formula is C7H15N3O2S. The van der Waals surface area contributed by atoms with Crippen LogP contribution in [-0.2, 0) is 9.59 Å². The maximum absolute atomic E-state index is 11.1. The number of thioether (sulfide) groups is 1. The summed E-state index contributed by atoms with van der Waals surface area (Å²) in [6.07, 6.45) is 0. The van der Waals surface area contributed by atoms with Crippen molar-refractivity contribution in [3.05, 3.63) is 0 Å². The van der Waals surface area contributed by atoms with Crippen molar-refractivity contribution in [3.63, 3.8) is 0 Å². The second kappa shape index (κ2) is 6.73. The molecule has 0 aromatic carbocycles. The van der Waals surface area contributed by atoms with Crippen molar-refractivity contribution in [2.75, 3.05) is 25.6 Å². The summed E-state index contributed by atoms with van der Waals surface area (Å²) in [5, 5.41) is 5.36. The maximum Gasteiger partial charge on any atom is 0.237 e. The molecule has 6 heteroatoms. The van der Waals surface area contributed by atoms with Crippen LogP contribution in [0.1, 0.15) is 0 Å². The quantitative estimate of drug-likeness (QED) is 0.495. The van der Waals surface area contributed by atoms with Gasteiger partial charge in [-0.25, -0.2) is 0 Å². The number of carbonyl (C=O) groups is 2. The number of rotatable bonds is 6. The normalized spacial score (nSPS) is 12.2. The van der Waals surface area contributed by atoms with Gasteiger partial charge in [-0.2, -0.15) is 0 Å². The van der Waals surface area contributed by atoms with Gasteiger partial charge in [0.2, 0.25) is 11.8 Å². The van der Waals surface area contributed by atoms with Crippen molar-refractivity contribution >= 4 is 23.6 Å². The number of likely N-dealkylation sites (N-methyl/N-ethyl adjacent to an activating group) is 2. The third-order valence-electron chi connectivity index (χ3n) is 1.44. The molecular weight excluding hydrogens is 190 g/mol. The predicted molar refractivity (Wildman–Crippen MR) is 53.4 cm³/mol. The van der Waals surface area contributed by atoms with Crippen LogP contribution in [-0.4, -0.2) is 43.5 Å². The van der Waals surface area contributed by atoms with Crippen LogP contribution in [0, 0.1) is 0 Å². The van der Waals surface area contributed by atoms with E-state index in [1.54, 1.807) is 14.1 Å². The van der Waals surface area contributed by atoms with Gasteiger partial charge in [0.05, 0.1) is 11.8 Å². The van der Waals surface area contributed by atoms with Crippen LogP contribution in [0.3, 0.4) is 0 Å². The minimum absolute atomic E-state index is 0.0838. The summed E-state index contributed by atoms with van der Waals surface area (Å²) in [5.41, 5.74) is 4.95. The fourth-order valence-corrected chi connectivity index (χ4v) is 1.61. The Morgan fingerprint density at radius 1 is 1.46 bits per heavy atom. The Bertz CT molecular complexity index is 187. The summed E-state index contributed by atoms with van der Waals surface area (Å²) in [5.74, 6) is 0.338. The molecule has 0 fully saturated rings. The molecule has 0 heterocycles. The van der Waals surface area contributed by atoms with E-state index in [-0.39, 0.29) is 23.6 Å². The molecule has 0 aliphatic heterocycles. The average Bonchev–Trinajstić information content (AvgIpc) is 2.11. The Morgan fingerprint density at radius 2 is 2.08 bits per heavy atom. The minimum atomic E-state index is -0.364. The van der Waals surface area contributed by atoms with Crippen LogP contribution in [0.25, 0.3) is 0 Å². The van der Waals surface area contributed by atoms with Gasteiger partial charge in [-0.1, -0.05) is 0 Å². The Hall–Kier alpha value is -0.750. The van der Waals surface area contributed by atoms with Crippen molar-refractivity contribution < 1.29 is 9.59 Å². The lowest BCUT2D eigenvalue weighted by Crippen LogP contribution is -2.43. The first-order valence-corrected chi connectivity index (χ1v) is 5.02. The zero-order chi connectivity index (χ0) is 10.3. The van der Waals surface area contributed by atoms with Gasteiger partial charge in [-0.05, 0) is 7.05 Å². The summed E-state index contributed by atoms with van der Waals surface area (Å²) in [4.78, 5) is 21.5. The molecule has 0 spiro atoms. The molecule has 4 N–H and O–H groups in total. The van der Waals surface area contributed by atoms with Crippen molar-refractivity contribution in [3.8, 4) is 0 Å². The van der Waals surface area contributed by atoms with Crippen LogP contribution < -0.4 is 16.4 Å². The molecule has 2 amide bonds. The fourth-order valence-electron chi connectivity index (χ4n) is 0.742. The number of carbonyl (C=O) groups excluding carboxylic acids is 2. The van der Waals surface area contributed by atoms with Gasteiger partial charge < -0.3 is 16.4 Å². The fraction of sp³-hybridized carbons (Fsp3) is 0.714. The SMILES string of the molecule is CNC(=O)C(CSCC(N)=O)NC. The molecule has 0 aromatic heterocycles. The van der Waals surface area contributed by atoms with E-state index < -0.39 is 0 Å². The summed E-state index contributed by atoms with van der Waals surface area (Å²) in [6, 6.07) is -0.269. The standard InChI is InChI=1S/C7H15N3O2S/c1-9-5(7(12)10-2)3-13-4-6(8)11/h5,9H,3-4H2,1-2H3,(H2,8,11)(H,10,12). The van der Waals surface area contributed by atoms with Crippen molar-refractivity contribution in [1.82, 2.24) is 10.6 Å². The van der Waals surface area contributed by atoms with E-state index in [0.717, 1.165) is 0 Å². The Kier molecular flexibility index (Phi) is 6.34. The molecule has 0 radical (unpaired) electrons. The van der Waals surface area contributed by atoms with Crippen LogP contribution in [0.5, 0.6) is 0 Å². The summed E-state index contributed by atoms with van der Waals surface area (Å²) in [7, 11) is 3.27. The lowest BCUT2D eigenvalue weighted by Gasteiger charge is -2.12. The van der Waals surface area contributed by atoms with E-state index in [9.17, 15) is 9.59 Å². The lowest BCUT2D eigenvalue weighted by molar-refractivity contribution is -0.122. The molecule has 76 valence electrons. The van der Waals surface area contributed by atoms with Crippen molar-refractivity contribution in [2.45, 2.75) is 6.04 Å². The molecule has 0 rings (SSSR count). The Balaban J connectivity index is 3.72. The summed E-state index contributed by atoms with van der Waals surface area (Å²) in [6.45, 7) is 0. The van der Waals surface area contributed by atoms with E-state index in [0.29, 0.717) is 5.75 Å². The van der Waals surface area contributed by atoms with Gasteiger partial charge >= 0.3 is 0 Å². The molecule has 0 aliphatic rings. The van der Waals surface area contributed by atoms with Crippen LogP contribution in [0.15, 0.2) is 0 Å². The smallest absolute Gasteiger partial charge is 0.237 e. The highest BCUT2D eigenvalue weighted by Gasteiger charge is 2.14. The third kappa shape index (κ3) is 5.48. The molecule has 13 heavy (non-hydrogen) atoms. The van der Waals surface area contributed by atoms with Gasteiger partial charge in [0.15, 0.2) is 0 Å². The first-order valence-electron chi connectivity index (χ1n) is 3.86. The third-order valence-corrected chi connectivity index (χ3v) is 2.50. The van der Waals surface area contributed by atoms with Gasteiger partial charge in [0.1, 0.15) is 0 Å². The van der Waals surface area contributed by atoms with Gasteiger partial charge in [0.25, 0.3) is 0 Å². The number of nitrogens with one attached hydrogen (secondary N) is 2. The first kappa shape index (κ1) is 12.2. The summed E-state index contributed by atoms with van der Waals surface area (Å²) < 4.78 is 0. The number of nitrogens with two attached hydrogens (primary N) is 1. The molecule has 0 aromatic rings. The highest BCUT2D eigenvalue weighted by Crippen LogP contribution is 2.01. The van der Waals surface area contributed by atoms with E-state index >= 15 is 0 Å². The van der Waals surface area contributed by atoms with E-state index in [1.807, 2.05) is 0 Å². The van der Waals surface area contributed by atoms with Crippen molar-refractivity contribution in [1.29, 1.82) is 0 Å². The first-order chi connectivity index (χ1) is 6.11. The van der Waals surface area contributed by atoms with Gasteiger partial charge in [-0.3, -0.25) is 9.59 Å². The van der Waals surface area contributed by atoms with E-state index in [1.165, 1.54) is 11.8 Å². The molecule has 5 nitrogen and oxygen atoms in total. The zero-order valence-corrected chi connectivity index (χ0v) is 8.61. The van der Waals surface area contributed by atoms with Crippen LogP contribution >= 0.6 is 11.8 Å². The minimum Gasteiger partial charge on any atom is -0.369 e. The molecule has 0 bridgehead atoms. The highest BCUT2D eigenvalue weighted by atomic mass is 32.2. The number of primary amides is 1. The van der Waals surface area contributed by atoms with Gasteiger partial charge in [-0.15, -0.1) is 11.8 Å². The van der Waals surface area contributed by atoms with Crippen LogP contribution in [0.4, 0.5) is 0 Å². The molecule has 0 saturated heterocycles. The Labute approximate surface area is 81.8 Å². The van der Waals surface area contributed by atoms with E-state index in [4.69, 9.17) is 5.73 Å². The molecule has 0 aliphatic carbocycles. The second-order valence-corrected chi connectivity index (χ2v) is 3.47. The highest BCUT2D eigenvalue weighted by molar-refractivity contribution is 8.00. The Morgan fingerprint density at radius 3 is 2.46 bits per heavy atom. The number of amides is 2. The maximum atomic E-state index is 11.1. The lowest BCUT2D eigenvalue weighted by atomic mass is 10.3. The largest absolute Gasteiger partial charge is 0.369 e. The molecule has 1 atom stereocenters. The van der Waals surface area contributed by atoms with Gasteiger partial charge in [0, 0.05) is 12.8 Å².